The van der Waals surface area contributed by atoms with Crippen LogP contribution in [0.3, 0.4) is 0 Å². The van der Waals surface area contributed by atoms with Crippen LogP contribution in [0.5, 0.6) is 0 Å². The van der Waals surface area contributed by atoms with Gasteiger partial charge in [0, 0.05) is 16.7 Å². The van der Waals surface area contributed by atoms with Gasteiger partial charge < -0.3 is 0 Å². The number of halogens is 2. The largest absolute Gasteiger partial charge is 0.279 e. The summed E-state index contributed by atoms with van der Waals surface area (Å²) in [5.74, 6) is 0. The molecule has 0 amide bonds. The molecule has 0 N–H and O–H groups in total. The molecule has 0 saturated heterocycles. The van der Waals surface area contributed by atoms with Gasteiger partial charge in [-0.2, -0.15) is 5.10 Å². The fourth-order valence-electron chi connectivity index (χ4n) is 1.07. The molecule has 0 aliphatic carbocycles. The molecule has 1 heterocycles. The van der Waals surface area contributed by atoms with Gasteiger partial charge in [-0.15, -0.1) is 0 Å². The van der Waals surface area contributed by atoms with E-state index in [0.717, 1.165) is 0 Å². The number of rotatable bonds is 2. The summed E-state index contributed by atoms with van der Waals surface area (Å²) < 4.78 is 23.7. The number of hydrogen-bond acceptors (Lipinski definition) is 3. The summed E-state index contributed by atoms with van der Waals surface area (Å²) >= 11 is 5.80. The predicted molar refractivity (Wildman–Crippen MR) is 55.4 cm³/mol. The van der Waals surface area contributed by atoms with E-state index in [9.17, 15) is 8.42 Å². The Kier molecular flexibility index (Phi) is 3.13. The van der Waals surface area contributed by atoms with Crippen molar-refractivity contribution in [2.75, 3.05) is 0 Å². The van der Waals surface area contributed by atoms with Crippen LogP contribution in [0.25, 0.3) is 0 Å². The lowest BCUT2D eigenvalue weighted by molar-refractivity contribution is 0.480. The van der Waals surface area contributed by atoms with Crippen LogP contribution in [-0.2, 0) is 9.05 Å². The van der Waals surface area contributed by atoms with Gasteiger partial charge in [-0.1, -0.05) is 11.6 Å². The second-order valence-electron chi connectivity index (χ2n) is 3.18. The second kappa shape index (κ2) is 3.72. The Hall–Kier alpha value is -0.260. The van der Waals surface area contributed by atoms with Gasteiger partial charge in [-0.25, -0.2) is 13.1 Å². The summed E-state index contributed by atoms with van der Waals surface area (Å²) in [5.41, 5.74) is 0.458. The van der Waals surface area contributed by atoms with Crippen molar-refractivity contribution in [2.45, 2.75) is 31.8 Å². The molecule has 0 bridgehead atoms. The van der Waals surface area contributed by atoms with Gasteiger partial charge >= 0.3 is 0 Å². The van der Waals surface area contributed by atoms with Crippen molar-refractivity contribution in [1.82, 2.24) is 9.78 Å². The molecule has 14 heavy (non-hydrogen) atoms. The van der Waals surface area contributed by atoms with E-state index in [-0.39, 0.29) is 16.1 Å². The number of aryl methyl sites for hydroxylation is 1. The van der Waals surface area contributed by atoms with Crippen LogP contribution in [0, 0.1) is 6.92 Å². The highest BCUT2D eigenvalue weighted by Crippen LogP contribution is 2.29. The Balaban J connectivity index is 3.55. The second-order valence-corrected chi connectivity index (χ2v) is 6.04. The molecule has 0 aliphatic rings. The standard InChI is InChI=1S/C7H10Cl2N2O2S/c1-4(2)11-7(14(9,12)13)6(8)5(3)10-11/h4H,1-3H3. The minimum atomic E-state index is -3.85. The summed E-state index contributed by atoms with van der Waals surface area (Å²) in [7, 11) is 1.41. The quantitative estimate of drug-likeness (QED) is 0.764. The van der Waals surface area contributed by atoms with Crippen molar-refractivity contribution in [3.05, 3.63) is 10.7 Å². The molecular weight excluding hydrogens is 247 g/mol. The normalized spacial score (nSPS) is 12.4. The molecule has 0 unspecified atom stereocenters. The third-order valence-electron chi connectivity index (χ3n) is 1.69. The Morgan fingerprint density at radius 3 is 2.21 bits per heavy atom. The molecule has 0 aromatic carbocycles. The number of hydrogen-bond donors (Lipinski definition) is 0. The first-order valence-corrected chi connectivity index (χ1v) is 6.63. The monoisotopic (exact) mass is 256 g/mol. The Morgan fingerprint density at radius 2 is 1.93 bits per heavy atom. The minimum Gasteiger partial charge on any atom is -0.249 e. The van der Waals surface area contributed by atoms with E-state index in [4.69, 9.17) is 22.3 Å². The van der Waals surface area contributed by atoms with E-state index >= 15 is 0 Å². The summed E-state index contributed by atoms with van der Waals surface area (Å²) in [6.07, 6.45) is 0. The molecule has 1 aromatic heterocycles. The lowest BCUT2D eigenvalue weighted by Crippen LogP contribution is -2.09. The van der Waals surface area contributed by atoms with Crippen LogP contribution < -0.4 is 0 Å². The molecule has 4 nitrogen and oxygen atoms in total. The van der Waals surface area contributed by atoms with E-state index in [2.05, 4.69) is 5.10 Å². The first-order chi connectivity index (χ1) is 6.25. The molecule has 0 fully saturated rings. The van der Waals surface area contributed by atoms with Crippen LogP contribution in [0.4, 0.5) is 0 Å². The average Bonchev–Trinajstić information content (AvgIpc) is 2.27. The van der Waals surface area contributed by atoms with Crippen LogP contribution in [0.1, 0.15) is 25.6 Å². The van der Waals surface area contributed by atoms with Crippen molar-refractivity contribution in [2.24, 2.45) is 0 Å². The van der Waals surface area contributed by atoms with Gasteiger partial charge in [-0.3, -0.25) is 0 Å². The fourth-order valence-corrected chi connectivity index (χ4v) is 2.90. The van der Waals surface area contributed by atoms with Gasteiger partial charge in [0.2, 0.25) is 0 Å². The maximum Gasteiger partial charge on any atom is 0.279 e. The first-order valence-electron chi connectivity index (χ1n) is 3.94. The summed E-state index contributed by atoms with van der Waals surface area (Å²) in [6.45, 7) is 5.23. The molecule has 1 rings (SSSR count). The van der Waals surface area contributed by atoms with Crippen LogP contribution in [0.15, 0.2) is 5.03 Å². The van der Waals surface area contributed by atoms with Crippen LogP contribution >= 0.6 is 22.3 Å². The summed E-state index contributed by atoms with van der Waals surface area (Å²) in [4.78, 5) is 0. The highest BCUT2D eigenvalue weighted by Gasteiger charge is 2.25. The molecule has 7 heteroatoms. The third-order valence-corrected chi connectivity index (χ3v) is 3.55. The molecule has 0 atom stereocenters. The van der Waals surface area contributed by atoms with Gasteiger partial charge in [0.15, 0.2) is 5.03 Å². The van der Waals surface area contributed by atoms with Crippen molar-refractivity contribution >= 4 is 31.3 Å². The maximum atomic E-state index is 11.2. The third kappa shape index (κ3) is 2.04. The Bertz CT molecular complexity index is 451. The minimum absolute atomic E-state index is 0.0914. The zero-order valence-corrected chi connectivity index (χ0v) is 10.3. The first kappa shape index (κ1) is 11.8. The van der Waals surface area contributed by atoms with Crippen molar-refractivity contribution < 1.29 is 8.42 Å². The number of nitrogens with zero attached hydrogens (tertiary/aromatic N) is 2. The molecule has 1 aromatic rings. The Labute approximate surface area is 92.2 Å². The van der Waals surface area contributed by atoms with E-state index in [0.29, 0.717) is 5.69 Å². The van der Waals surface area contributed by atoms with E-state index in [1.807, 2.05) is 0 Å². The predicted octanol–water partition coefficient (Wildman–Crippen LogP) is 2.35. The lowest BCUT2D eigenvalue weighted by Gasteiger charge is -2.07. The smallest absolute Gasteiger partial charge is 0.249 e. The number of aromatic nitrogens is 2. The van der Waals surface area contributed by atoms with Crippen LogP contribution in [0.2, 0.25) is 5.02 Å². The zero-order chi connectivity index (χ0) is 11.1. The van der Waals surface area contributed by atoms with E-state index in [1.54, 1.807) is 20.8 Å². The average molecular weight is 257 g/mol. The SMILES string of the molecule is Cc1nn(C(C)C)c(S(=O)(=O)Cl)c1Cl. The summed E-state index contributed by atoms with van der Waals surface area (Å²) in [6, 6.07) is -0.107. The van der Waals surface area contributed by atoms with E-state index < -0.39 is 9.05 Å². The van der Waals surface area contributed by atoms with Gasteiger partial charge in [0.25, 0.3) is 9.05 Å². The van der Waals surface area contributed by atoms with Crippen molar-refractivity contribution in [3.8, 4) is 0 Å². The highest BCUT2D eigenvalue weighted by atomic mass is 35.7. The highest BCUT2D eigenvalue weighted by molar-refractivity contribution is 8.13. The molecular formula is C7H10Cl2N2O2S. The van der Waals surface area contributed by atoms with Crippen molar-refractivity contribution in [3.63, 3.8) is 0 Å². The fraction of sp³-hybridized carbons (Fsp3) is 0.571. The lowest BCUT2D eigenvalue weighted by atomic mass is 10.4. The zero-order valence-electron chi connectivity index (χ0n) is 7.95. The van der Waals surface area contributed by atoms with Gasteiger partial charge in [0.05, 0.1) is 5.69 Å². The molecule has 0 aliphatic heterocycles. The van der Waals surface area contributed by atoms with E-state index in [1.165, 1.54) is 4.68 Å². The molecule has 0 radical (unpaired) electrons. The molecule has 80 valence electrons. The Morgan fingerprint density at radius 1 is 1.43 bits per heavy atom. The maximum absolute atomic E-state index is 11.2. The topological polar surface area (TPSA) is 52.0 Å². The molecule has 0 saturated carbocycles. The van der Waals surface area contributed by atoms with Gasteiger partial charge in [0.1, 0.15) is 5.02 Å². The van der Waals surface area contributed by atoms with Crippen LogP contribution in [-0.4, -0.2) is 18.2 Å². The molecule has 0 spiro atoms. The summed E-state index contributed by atoms with van der Waals surface area (Å²) in [5, 5.41) is 3.96. The van der Waals surface area contributed by atoms with Gasteiger partial charge in [-0.05, 0) is 20.8 Å². The van der Waals surface area contributed by atoms with Crippen molar-refractivity contribution in [1.29, 1.82) is 0 Å².